The van der Waals surface area contributed by atoms with Crippen LogP contribution in [-0.2, 0) is 0 Å². The number of nitrogens with zero attached hydrogens (tertiary/aromatic N) is 3. The summed E-state index contributed by atoms with van der Waals surface area (Å²) >= 11 is 0. The van der Waals surface area contributed by atoms with Crippen LogP contribution in [0.1, 0.15) is 67.5 Å². The van der Waals surface area contributed by atoms with Crippen LogP contribution in [0.3, 0.4) is 0 Å². The van der Waals surface area contributed by atoms with E-state index in [1.807, 2.05) is 17.8 Å². The molecule has 1 N–H and O–H groups in total. The highest BCUT2D eigenvalue weighted by Crippen LogP contribution is 2.40. The Balaban J connectivity index is 2.01. The molecule has 3 rings (SSSR count). The predicted octanol–water partition coefficient (Wildman–Crippen LogP) is 3.07. The van der Waals surface area contributed by atoms with Gasteiger partial charge in [-0.2, -0.15) is 5.10 Å². The molecule has 22 heavy (non-hydrogen) atoms. The number of rotatable bonds is 7. The summed E-state index contributed by atoms with van der Waals surface area (Å²) in [5.41, 5.74) is 2.72. The van der Waals surface area contributed by atoms with E-state index in [1.165, 1.54) is 12.8 Å². The van der Waals surface area contributed by atoms with E-state index < -0.39 is 0 Å². The molecule has 2 heterocycles. The van der Waals surface area contributed by atoms with Gasteiger partial charge in [0.2, 0.25) is 0 Å². The third-order valence-corrected chi connectivity index (χ3v) is 4.20. The predicted molar refractivity (Wildman–Crippen MR) is 87.4 cm³/mol. The molecule has 0 radical (unpaired) electrons. The molecule has 5 nitrogen and oxygen atoms in total. The second-order valence-corrected chi connectivity index (χ2v) is 6.42. The lowest BCUT2D eigenvalue weighted by Crippen LogP contribution is -2.11. The largest absolute Gasteiger partial charge is 0.320 e. The van der Waals surface area contributed by atoms with Crippen LogP contribution in [-0.4, -0.2) is 34.1 Å². The fraction of sp³-hybridized carbons (Fsp3) is 0.588. The van der Waals surface area contributed by atoms with Gasteiger partial charge in [0.05, 0.1) is 6.20 Å². The van der Waals surface area contributed by atoms with Gasteiger partial charge in [0.25, 0.3) is 0 Å². The van der Waals surface area contributed by atoms with Crippen LogP contribution >= 0.6 is 0 Å². The van der Waals surface area contributed by atoms with Crippen LogP contribution in [0.4, 0.5) is 0 Å². The molecule has 0 saturated heterocycles. The molecule has 2 aromatic rings. The molecular weight excluding hydrogens is 276 g/mol. The topological polar surface area (TPSA) is 59.8 Å². The number of ketones is 1. The zero-order valence-electron chi connectivity index (χ0n) is 13.6. The van der Waals surface area contributed by atoms with Crippen molar-refractivity contribution < 1.29 is 4.79 Å². The summed E-state index contributed by atoms with van der Waals surface area (Å²) in [6, 6.07) is 2.25. The number of hydrogen-bond acceptors (Lipinski definition) is 4. The molecule has 2 aromatic heterocycles. The smallest absolute Gasteiger partial charge is 0.163 e. The first kappa shape index (κ1) is 15.2. The number of Topliss-reactive ketones (excluding diaryl/α,β-unsaturated/α-hetero) is 1. The first-order valence-electron chi connectivity index (χ1n) is 8.17. The Bertz CT molecular complexity index is 685. The van der Waals surface area contributed by atoms with Gasteiger partial charge in [0.15, 0.2) is 11.4 Å². The van der Waals surface area contributed by atoms with Crippen LogP contribution in [0.2, 0.25) is 0 Å². The van der Waals surface area contributed by atoms with Gasteiger partial charge in [0.1, 0.15) is 0 Å². The zero-order chi connectivity index (χ0) is 15.7. The van der Waals surface area contributed by atoms with E-state index in [4.69, 9.17) is 4.98 Å². The zero-order valence-corrected chi connectivity index (χ0v) is 13.6. The van der Waals surface area contributed by atoms with E-state index in [0.717, 1.165) is 35.3 Å². The maximum atomic E-state index is 12.6. The lowest BCUT2D eigenvalue weighted by atomic mass is 10.0. The van der Waals surface area contributed by atoms with Crippen molar-refractivity contribution in [3.05, 3.63) is 23.5 Å². The van der Waals surface area contributed by atoms with Crippen molar-refractivity contribution >= 4 is 16.8 Å². The second kappa shape index (κ2) is 6.16. The number of pyridine rings is 1. The fourth-order valence-electron chi connectivity index (χ4n) is 2.79. The highest BCUT2D eigenvalue weighted by Gasteiger charge is 2.28. The first-order valence-corrected chi connectivity index (χ1v) is 8.17. The Labute approximate surface area is 131 Å². The maximum absolute atomic E-state index is 12.6. The highest BCUT2D eigenvalue weighted by molar-refractivity contribution is 6.06. The Morgan fingerprint density at radius 2 is 2.23 bits per heavy atom. The van der Waals surface area contributed by atoms with Crippen LogP contribution < -0.4 is 5.32 Å². The molecule has 0 unspecified atom stereocenters. The van der Waals surface area contributed by atoms with Gasteiger partial charge >= 0.3 is 0 Å². The summed E-state index contributed by atoms with van der Waals surface area (Å²) in [5, 5.41) is 8.43. The maximum Gasteiger partial charge on any atom is 0.163 e. The van der Waals surface area contributed by atoms with Crippen molar-refractivity contribution in [3.8, 4) is 0 Å². The highest BCUT2D eigenvalue weighted by atomic mass is 16.1. The summed E-state index contributed by atoms with van der Waals surface area (Å²) < 4.78 is 1.92. The van der Waals surface area contributed by atoms with E-state index in [2.05, 4.69) is 24.3 Å². The SMILES string of the molecule is CNCCCC(=O)c1cc(C2CC2)nc2c1cnn2C(C)C. The van der Waals surface area contributed by atoms with Gasteiger partial charge in [-0.05, 0) is 52.8 Å². The Hall–Kier alpha value is -1.75. The van der Waals surface area contributed by atoms with E-state index in [0.29, 0.717) is 12.3 Å². The van der Waals surface area contributed by atoms with Gasteiger partial charge in [-0.25, -0.2) is 9.67 Å². The quantitative estimate of drug-likeness (QED) is 0.630. The molecule has 1 aliphatic rings. The Morgan fingerprint density at radius 3 is 2.86 bits per heavy atom. The summed E-state index contributed by atoms with van der Waals surface area (Å²) in [4.78, 5) is 17.4. The number of fused-ring (bicyclic) bond motifs is 1. The average molecular weight is 300 g/mol. The van der Waals surface area contributed by atoms with E-state index >= 15 is 0 Å². The van der Waals surface area contributed by atoms with Crippen molar-refractivity contribution in [3.63, 3.8) is 0 Å². The van der Waals surface area contributed by atoms with Gasteiger partial charge in [-0.1, -0.05) is 0 Å². The lowest BCUT2D eigenvalue weighted by Gasteiger charge is -2.10. The molecule has 5 heteroatoms. The molecule has 0 atom stereocenters. The summed E-state index contributed by atoms with van der Waals surface area (Å²) in [7, 11) is 1.91. The molecule has 118 valence electrons. The van der Waals surface area contributed by atoms with Gasteiger partial charge < -0.3 is 5.32 Å². The molecule has 0 amide bonds. The van der Waals surface area contributed by atoms with Gasteiger partial charge in [-0.15, -0.1) is 0 Å². The number of nitrogens with one attached hydrogen (secondary N) is 1. The molecule has 0 aliphatic heterocycles. The van der Waals surface area contributed by atoms with Crippen molar-refractivity contribution in [2.75, 3.05) is 13.6 Å². The van der Waals surface area contributed by atoms with E-state index in [-0.39, 0.29) is 11.8 Å². The molecule has 1 saturated carbocycles. The van der Waals surface area contributed by atoms with Crippen molar-refractivity contribution in [1.29, 1.82) is 0 Å². The minimum atomic E-state index is 0.202. The number of carbonyl (C=O) groups excluding carboxylic acids is 1. The molecule has 0 spiro atoms. The number of hydrogen-bond donors (Lipinski definition) is 1. The molecule has 0 aromatic carbocycles. The van der Waals surface area contributed by atoms with Crippen LogP contribution in [0.5, 0.6) is 0 Å². The summed E-state index contributed by atoms with van der Waals surface area (Å²) in [6.45, 7) is 5.04. The lowest BCUT2D eigenvalue weighted by molar-refractivity contribution is 0.0981. The second-order valence-electron chi connectivity index (χ2n) is 6.42. The fourth-order valence-corrected chi connectivity index (χ4v) is 2.79. The minimum absolute atomic E-state index is 0.202. The molecular formula is C17H24N4O. The van der Waals surface area contributed by atoms with Gasteiger partial charge in [-0.3, -0.25) is 4.79 Å². The monoisotopic (exact) mass is 300 g/mol. The van der Waals surface area contributed by atoms with Crippen molar-refractivity contribution in [2.45, 2.75) is 51.5 Å². The summed E-state index contributed by atoms with van der Waals surface area (Å²) in [6.07, 6.45) is 5.58. The molecule has 1 fully saturated rings. The third-order valence-electron chi connectivity index (χ3n) is 4.20. The van der Waals surface area contributed by atoms with Crippen LogP contribution in [0.15, 0.2) is 12.3 Å². The van der Waals surface area contributed by atoms with Crippen LogP contribution in [0.25, 0.3) is 11.0 Å². The third kappa shape index (κ3) is 2.90. The summed E-state index contributed by atoms with van der Waals surface area (Å²) in [5.74, 6) is 0.733. The molecule has 1 aliphatic carbocycles. The molecule has 0 bridgehead atoms. The van der Waals surface area contributed by atoms with E-state index in [9.17, 15) is 4.79 Å². The van der Waals surface area contributed by atoms with Crippen molar-refractivity contribution in [1.82, 2.24) is 20.1 Å². The van der Waals surface area contributed by atoms with Gasteiger partial charge in [0, 0.05) is 35.0 Å². The minimum Gasteiger partial charge on any atom is -0.320 e. The standard InChI is InChI=1S/C17H24N4O/c1-11(2)21-17-14(10-19-21)13(16(22)5-4-8-18-3)9-15(20-17)12-6-7-12/h9-12,18H,4-8H2,1-3H3. The van der Waals surface area contributed by atoms with Crippen molar-refractivity contribution in [2.24, 2.45) is 0 Å². The Kier molecular flexibility index (Phi) is 4.25. The normalized spacial score (nSPS) is 14.9. The number of carbonyl (C=O) groups is 1. The van der Waals surface area contributed by atoms with Crippen LogP contribution in [0, 0.1) is 0 Å². The average Bonchev–Trinajstić information content (AvgIpc) is 3.25. The van der Waals surface area contributed by atoms with E-state index in [1.54, 1.807) is 6.20 Å². The first-order chi connectivity index (χ1) is 10.6. The number of aromatic nitrogens is 3. The Morgan fingerprint density at radius 1 is 1.45 bits per heavy atom.